The van der Waals surface area contributed by atoms with E-state index in [-0.39, 0.29) is 18.2 Å². The fourth-order valence-corrected chi connectivity index (χ4v) is 4.55. The average Bonchev–Trinajstić information content (AvgIpc) is 2.92. The van der Waals surface area contributed by atoms with Crippen LogP contribution in [0.5, 0.6) is 0 Å². The Kier molecular flexibility index (Phi) is 7.54. The minimum atomic E-state index is -0.420. The van der Waals surface area contributed by atoms with Gasteiger partial charge in [0.15, 0.2) is 0 Å². The van der Waals surface area contributed by atoms with Gasteiger partial charge in [0, 0.05) is 25.7 Å². The van der Waals surface area contributed by atoms with E-state index in [1.165, 1.54) is 25.7 Å². The lowest BCUT2D eigenvalue weighted by molar-refractivity contribution is -0.141. The quantitative estimate of drug-likeness (QED) is 0.727. The molecule has 2 amide bonds. The number of hydrogen-bond acceptors (Lipinski definition) is 4. The molecule has 6 nitrogen and oxygen atoms in total. The van der Waals surface area contributed by atoms with Crippen molar-refractivity contribution in [3.05, 3.63) is 23.7 Å². The van der Waals surface area contributed by atoms with Crippen LogP contribution in [-0.2, 0) is 16.1 Å². The molecule has 0 spiro atoms. The maximum atomic E-state index is 13.3. The van der Waals surface area contributed by atoms with E-state index in [1.807, 2.05) is 19.1 Å². The molecular weight excluding hydrogens is 354 g/mol. The van der Waals surface area contributed by atoms with Crippen molar-refractivity contribution in [3.63, 3.8) is 0 Å². The summed E-state index contributed by atoms with van der Waals surface area (Å²) in [7, 11) is 0. The highest BCUT2D eigenvalue weighted by molar-refractivity contribution is 5.89. The lowest BCUT2D eigenvalue weighted by atomic mass is 10.0. The molecule has 1 atom stereocenters. The van der Waals surface area contributed by atoms with E-state index in [1.54, 1.807) is 0 Å². The second kappa shape index (κ2) is 10.1. The molecule has 2 fully saturated rings. The topological polar surface area (TPSA) is 65.8 Å². The number of rotatable bonds is 7. The van der Waals surface area contributed by atoms with Gasteiger partial charge in [-0.15, -0.1) is 0 Å². The molecule has 2 heterocycles. The Morgan fingerprint density at radius 1 is 1.25 bits per heavy atom. The fourth-order valence-electron chi connectivity index (χ4n) is 4.55. The molecule has 0 bridgehead atoms. The van der Waals surface area contributed by atoms with E-state index in [9.17, 15) is 9.59 Å². The standard InChI is InChI=1S/C22H35N3O3/c1-3-13-25(18-8-6-4-5-7-9-18)21(26)15-20-22(27)23-12-14-24(20)16-19-11-10-17(2)28-19/h10-11,18,20H,3-9,12-16H2,1-2H3,(H,23,27). The van der Waals surface area contributed by atoms with Crippen LogP contribution in [0.1, 0.15) is 69.8 Å². The number of carbonyl (C=O) groups excluding carboxylic acids is 2. The molecule has 2 aliphatic rings. The molecule has 6 heteroatoms. The number of amides is 2. The monoisotopic (exact) mass is 389 g/mol. The summed E-state index contributed by atoms with van der Waals surface area (Å²) in [4.78, 5) is 30.0. The summed E-state index contributed by atoms with van der Waals surface area (Å²) < 4.78 is 5.70. The van der Waals surface area contributed by atoms with Crippen LogP contribution >= 0.6 is 0 Å². The summed E-state index contributed by atoms with van der Waals surface area (Å²) in [6.07, 6.45) is 8.34. The number of piperazine rings is 1. The summed E-state index contributed by atoms with van der Waals surface area (Å²) in [6, 6.07) is 3.81. The van der Waals surface area contributed by atoms with Crippen molar-refractivity contribution in [2.24, 2.45) is 0 Å². The number of nitrogens with one attached hydrogen (secondary N) is 1. The van der Waals surface area contributed by atoms with E-state index in [2.05, 4.69) is 22.0 Å². The number of furan rings is 1. The summed E-state index contributed by atoms with van der Waals surface area (Å²) in [5.41, 5.74) is 0. The zero-order chi connectivity index (χ0) is 19.9. The van der Waals surface area contributed by atoms with Crippen LogP contribution in [-0.4, -0.2) is 53.3 Å². The van der Waals surface area contributed by atoms with Crippen LogP contribution in [0.15, 0.2) is 16.5 Å². The van der Waals surface area contributed by atoms with Gasteiger partial charge in [-0.2, -0.15) is 0 Å². The maximum absolute atomic E-state index is 13.3. The van der Waals surface area contributed by atoms with Crippen molar-refractivity contribution in [2.45, 2.75) is 83.8 Å². The molecule has 1 aromatic heterocycles. The second-order valence-corrected chi connectivity index (χ2v) is 8.23. The molecule has 3 rings (SSSR count). The van der Waals surface area contributed by atoms with Crippen LogP contribution in [0.2, 0.25) is 0 Å². The number of nitrogens with zero attached hydrogens (tertiary/aromatic N) is 2. The summed E-state index contributed by atoms with van der Waals surface area (Å²) in [5.74, 6) is 1.79. The van der Waals surface area contributed by atoms with Gasteiger partial charge in [-0.1, -0.05) is 32.6 Å². The number of aryl methyl sites for hydroxylation is 1. The average molecular weight is 390 g/mol. The Hall–Kier alpha value is -1.82. The molecular formula is C22H35N3O3. The summed E-state index contributed by atoms with van der Waals surface area (Å²) >= 11 is 0. The Morgan fingerprint density at radius 3 is 2.64 bits per heavy atom. The van der Waals surface area contributed by atoms with E-state index in [0.717, 1.165) is 43.9 Å². The van der Waals surface area contributed by atoms with E-state index >= 15 is 0 Å². The predicted octanol–water partition coefficient (Wildman–Crippen LogP) is 3.24. The Morgan fingerprint density at radius 2 is 2.00 bits per heavy atom. The van der Waals surface area contributed by atoms with Gasteiger partial charge in [0.05, 0.1) is 19.0 Å². The van der Waals surface area contributed by atoms with Crippen LogP contribution in [0, 0.1) is 6.92 Å². The molecule has 1 aromatic rings. The van der Waals surface area contributed by atoms with Gasteiger partial charge in [-0.05, 0) is 38.3 Å². The van der Waals surface area contributed by atoms with Crippen molar-refractivity contribution in [3.8, 4) is 0 Å². The SMILES string of the molecule is CCCN(C(=O)CC1C(=O)NCCN1Cc1ccc(C)o1)C1CCCCCC1. The molecule has 1 saturated carbocycles. The molecule has 0 radical (unpaired) electrons. The molecule has 1 saturated heterocycles. The fraction of sp³-hybridized carbons (Fsp3) is 0.727. The number of carbonyl (C=O) groups is 2. The minimum Gasteiger partial charge on any atom is -0.465 e. The van der Waals surface area contributed by atoms with Crippen LogP contribution < -0.4 is 5.32 Å². The first-order valence-electron chi connectivity index (χ1n) is 10.9. The zero-order valence-corrected chi connectivity index (χ0v) is 17.4. The van der Waals surface area contributed by atoms with Crippen LogP contribution in [0.25, 0.3) is 0 Å². The lowest BCUT2D eigenvalue weighted by Crippen LogP contribution is -2.56. The van der Waals surface area contributed by atoms with E-state index in [0.29, 0.717) is 19.1 Å². The second-order valence-electron chi connectivity index (χ2n) is 8.23. The van der Waals surface area contributed by atoms with E-state index in [4.69, 9.17) is 4.42 Å². The Bertz CT molecular complexity index is 649. The molecule has 1 unspecified atom stereocenters. The van der Waals surface area contributed by atoms with Gasteiger partial charge in [0.1, 0.15) is 11.5 Å². The Labute approximate surface area is 168 Å². The van der Waals surface area contributed by atoms with Gasteiger partial charge < -0.3 is 14.6 Å². The van der Waals surface area contributed by atoms with Crippen molar-refractivity contribution in [2.75, 3.05) is 19.6 Å². The van der Waals surface area contributed by atoms with Crippen molar-refractivity contribution in [1.82, 2.24) is 15.1 Å². The van der Waals surface area contributed by atoms with Gasteiger partial charge in [-0.3, -0.25) is 14.5 Å². The van der Waals surface area contributed by atoms with Crippen molar-refractivity contribution < 1.29 is 14.0 Å². The molecule has 28 heavy (non-hydrogen) atoms. The number of hydrogen-bond donors (Lipinski definition) is 1. The first-order chi connectivity index (χ1) is 13.6. The summed E-state index contributed by atoms with van der Waals surface area (Å²) in [5, 5.41) is 2.94. The predicted molar refractivity (Wildman–Crippen MR) is 109 cm³/mol. The van der Waals surface area contributed by atoms with Crippen LogP contribution in [0.4, 0.5) is 0 Å². The van der Waals surface area contributed by atoms with E-state index < -0.39 is 6.04 Å². The van der Waals surface area contributed by atoms with Crippen LogP contribution in [0.3, 0.4) is 0 Å². The highest BCUT2D eigenvalue weighted by atomic mass is 16.3. The van der Waals surface area contributed by atoms with Gasteiger partial charge in [0.25, 0.3) is 0 Å². The zero-order valence-electron chi connectivity index (χ0n) is 17.4. The first-order valence-corrected chi connectivity index (χ1v) is 10.9. The molecule has 1 N–H and O–H groups in total. The normalized spacial score (nSPS) is 21.9. The molecule has 0 aromatic carbocycles. The molecule has 1 aliphatic carbocycles. The lowest BCUT2D eigenvalue weighted by Gasteiger charge is -2.37. The highest BCUT2D eigenvalue weighted by Gasteiger charge is 2.34. The van der Waals surface area contributed by atoms with Gasteiger partial charge in [0.2, 0.25) is 11.8 Å². The van der Waals surface area contributed by atoms with Crippen molar-refractivity contribution >= 4 is 11.8 Å². The molecule has 156 valence electrons. The highest BCUT2D eigenvalue weighted by Crippen LogP contribution is 2.24. The third-order valence-electron chi connectivity index (χ3n) is 6.01. The smallest absolute Gasteiger partial charge is 0.237 e. The third-order valence-corrected chi connectivity index (χ3v) is 6.01. The third kappa shape index (κ3) is 5.37. The minimum absolute atomic E-state index is 0.0415. The summed E-state index contributed by atoms with van der Waals surface area (Å²) in [6.45, 7) is 6.75. The Balaban J connectivity index is 1.68. The van der Waals surface area contributed by atoms with Gasteiger partial charge in [-0.25, -0.2) is 0 Å². The maximum Gasteiger partial charge on any atom is 0.237 e. The van der Waals surface area contributed by atoms with Gasteiger partial charge >= 0.3 is 0 Å². The first kappa shape index (κ1) is 20.9. The van der Waals surface area contributed by atoms with Crippen molar-refractivity contribution in [1.29, 1.82) is 0 Å². The molecule has 1 aliphatic heterocycles. The largest absolute Gasteiger partial charge is 0.465 e.